The van der Waals surface area contributed by atoms with Gasteiger partial charge in [0.2, 0.25) is 11.1 Å². The van der Waals surface area contributed by atoms with Gasteiger partial charge < -0.3 is 5.73 Å². The van der Waals surface area contributed by atoms with E-state index in [1.165, 1.54) is 11.8 Å². The van der Waals surface area contributed by atoms with Gasteiger partial charge in [0, 0.05) is 18.1 Å². The molecule has 72 valence electrons. The Morgan fingerprint density at radius 1 is 1.50 bits per heavy atom. The third-order valence-corrected chi connectivity index (χ3v) is 2.49. The Labute approximate surface area is 85.2 Å². The van der Waals surface area contributed by atoms with Gasteiger partial charge in [-0.25, -0.2) is 5.10 Å². The highest BCUT2D eigenvalue weighted by Crippen LogP contribution is 2.18. The molecule has 2 aromatic heterocycles. The highest BCUT2D eigenvalue weighted by Gasteiger charge is 2.01. The van der Waals surface area contributed by atoms with Crippen LogP contribution in [0.2, 0.25) is 0 Å². The SMILES string of the molecule is Nc1nc(SCc2cccnc2)n[nH]1. The summed E-state index contributed by atoms with van der Waals surface area (Å²) in [5, 5.41) is 7.16. The van der Waals surface area contributed by atoms with Crippen LogP contribution in [-0.2, 0) is 5.75 Å². The second-order valence-electron chi connectivity index (χ2n) is 2.65. The van der Waals surface area contributed by atoms with E-state index < -0.39 is 0 Å². The summed E-state index contributed by atoms with van der Waals surface area (Å²) in [6, 6.07) is 3.91. The monoisotopic (exact) mass is 207 g/mol. The van der Waals surface area contributed by atoms with Crippen LogP contribution in [0.4, 0.5) is 5.95 Å². The molecular weight excluding hydrogens is 198 g/mol. The van der Waals surface area contributed by atoms with E-state index in [0.717, 1.165) is 11.3 Å². The molecule has 0 aliphatic carbocycles. The number of anilines is 1. The van der Waals surface area contributed by atoms with Gasteiger partial charge >= 0.3 is 0 Å². The Kier molecular flexibility index (Phi) is 2.64. The van der Waals surface area contributed by atoms with Crippen LogP contribution in [0.15, 0.2) is 29.7 Å². The van der Waals surface area contributed by atoms with Gasteiger partial charge in [-0.3, -0.25) is 4.98 Å². The van der Waals surface area contributed by atoms with Crippen molar-refractivity contribution in [3.05, 3.63) is 30.1 Å². The van der Waals surface area contributed by atoms with Crippen molar-refractivity contribution < 1.29 is 0 Å². The molecule has 2 heterocycles. The van der Waals surface area contributed by atoms with Crippen LogP contribution in [0.25, 0.3) is 0 Å². The summed E-state index contributed by atoms with van der Waals surface area (Å²) in [7, 11) is 0. The predicted octanol–water partition coefficient (Wildman–Crippen LogP) is 1.07. The average Bonchev–Trinajstić information content (AvgIpc) is 2.63. The lowest BCUT2D eigenvalue weighted by Crippen LogP contribution is -1.85. The number of pyridine rings is 1. The molecule has 0 aliphatic heterocycles. The largest absolute Gasteiger partial charge is 0.368 e. The van der Waals surface area contributed by atoms with Gasteiger partial charge in [-0.15, -0.1) is 5.10 Å². The third kappa shape index (κ3) is 2.23. The van der Waals surface area contributed by atoms with Crippen LogP contribution < -0.4 is 5.73 Å². The maximum Gasteiger partial charge on any atom is 0.216 e. The van der Waals surface area contributed by atoms with Gasteiger partial charge in [0.15, 0.2) is 0 Å². The normalized spacial score (nSPS) is 10.3. The number of nitrogen functional groups attached to an aromatic ring is 1. The van der Waals surface area contributed by atoms with Crippen molar-refractivity contribution in [2.24, 2.45) is 0 Å². The highest BCUT2D eigenvalue weighted by molar-refractivity contribution is 7.98. The van der Waals surface area contributed by atoms with E-state index in [0.29, 0.717) is 11.1 Å². The van der Waals surface area contributed by atoms with E-state index in [4.69, 9.17) is 5.73 Å². The van der Waals surface area contributed by atoms with Gasteiger partial charge in [0.05, 0.1) is 0 Å². The lowest BCUT2D eigenvalue weighted by atomic mass is 10.3. The number of hydrogen-bond acceptors (Lipinski definition) is 5. The summed E-state index contributed by atoms with van der Waals surface area (Å²) in [5.41, 5.74) is 6.53. The number of rotatable bonds is 3. The first-order valence-electron chi connectivity index (χ1n) is 4.04. The van der Waals surface area contributed by atoms with Crippen LogP contribution in [-0.4, -0.2) is 20.2 Å². The summed E-state index contributed by atoms with van der Waals surface area (Å²) < 4.78 is 0. The number of H-pyrrole nitrogens is 1. The Morgan fingerprint density at radius 2 is 2.43 bits per heavy atom. The quantitative estimate of drug-likeness (QED) is 0.736. The van der Waals surface area contributed by atoms with Crippen molar-refractivity contribution in [3.63, 3.8) is 0 Å². The minimum atomic E-state index is 0.346. The molecule has 0 saturated heterocycles. The van der Waals surface area contributed by atoms with Gasteiger partial charge in [0.1, 0.15) is 0 Å². The van der Waals surface area contributed by atoms with Gasteiger partial charge in [-0.2, -0.15) is 4.98 Å². The fraction of sp³-hybridized carbons (Fsp3) is 0.125. The van der Waals surface area contributed by atoms with Crippen molar-refractivity contribution in [1.82, 2.24) is 20.2 Å². The number of nitrogens with zero attached hydrogens (tertiary/aromatic N) is 3. The van der Waals surface area contributed by atoms with Crippen LogP contribution in [0.3, 0.4) is 0 Å². The molecule has 5 nitrogen and oxygen atoms in total. The van der Waals surface area contributed by atoms with Gasteiger partial charge in [0.25, 0.3) is 0 Å². The second kappa shape index (κ2) is 4.10. The molecule has 0 saturated carbocycles. The van der Waals surface area contributed by atoms with E-state index in [-0.39, 0.29) is 0 Å². The lowest BCUT2D eigenvalue weighted by Gasteiger charge is -1.95. The van der Waals surface area contributed by atoms with E-state index in [1.54, 1.807) is 6.20 Å². The number of aromatic amines is 1. The topological polar surface area (TPSA) is 80.5 Å². The maximum absolute atomic E-state index is 5.39. The molecule has 0 atom stereocenters. The van der Waals surface area contributed by atoms with Crippen molar-refractivity contribution in [2.45, 2.75) is 10.9 Å². The number of thioether (sulfide) groups is 1. The van der Waals surface area contributed by atoms with E-state index >= 15 is 0 Å². The molecule has 0 bridgehead atoms. The lowest BCUT2D eigenvalue weighted by molar-refractivity contribution is 0.973. The summed E-state index contributed by atoms with van der Waals surface area (Å²) in [5.74, 6) is 1.14. The van der Waals surface area contributed by atoms with Crippen LogP contribution in [0.1, 0.15) is 5.56 Å². The molecule has 0 spiro atoms. The maximum atomic E-state index is 5.39. The number of nitrogens with two attached hydrogens (primary N) is 1. The fourth-order valence-corrected chi connectivity index (χ4v) is 1.69. The Morgan fingerprint density at radius 3 is 3.07 bits per heavy atom. The zero-order valence-corrected chi connectivity index (χ0v) is 8.16. The number of nitrogens with one attached hydrogen (secondary N) is 1. The molecule has 0 unspecified atom stereocenters. The van der Waals surface area contributed by atoms with Gasteiger partial charge in [-0.05, 0) is 11.6 Å². The number of hydrogen-bond donors (Lipinski definition) is 2. The molecule has 0 fully saturated rings. The van der Waals surface area contributed by atoms with Crippen LogP contribution >= 0.6 is 11.8 Å². The molecule has 0 amide bonds. The summed E-state index contributed by atoms with van der Waals surface area (Å²) in [6.45, 7) is 0. The standard InChI is InChI=1S/C8H9N5S/c9-7-11-8(13-12-7)14-5-6-2-1-3-10-4-6/h1-4H,5H2,(H3,9,11,12,13). The van der Waals surface area contributed by atoms with Crippen molar-refractivity contribution >= 4 is 17.7 Å². The molecule has 2 rings (SSSR count). The zero-order valence-electron chi connectivity index (χ0n) is 7.34. The van der Waals surface area contributed by atoms with E-state index in [9.17, 15) is 0 Å². The van der Waals surface area contributed by atoms with Gasteiger partial charge in [-0.1, -0.05) is 17.8 Å². The molecule has 0 radical (unpaired) electrons. The molecular formula is C8H9N5S. The highest BCUT2D eigenvalue weighted by atomic mass is 32.2. The molecule has 3 N–H and O–H groups in total. The summed E-state index contributed by atoms with van der Waals surface area (Å²) >= 11 is 1.52. The summed E-state index contributed by atoms with van der Waals surface area (Å²) in [4.78, 5) is 7.99. The Bertz CT molecular complexity index is 399. The minimum absolute atomic E-state index is 0.346. The summed E-state index contributed by atoms with van der Waals surface area (Å²) in [6.07, 6.45) is 3.57. The van der Waals surface area contributed by atoms with Crippen molar-refractivity contribution in [3.8, 4) is 0 Å². The first-order chi connectivity index (χ1) is 6.84. The third-order valence-electron chi connectivity index (χ3n) is 1.57. The minimum Gasteiger partial charge on any atom is -0.368 e. The zero-order chi connectivity index (χ0) is 9.80. The molecule has 0 aliphatic rings. The first-order valence-corrected chi connectivity index (χ1v) is 5.03. The Balaban J connectivity index is 1.95. The van der Waals surface area contributed by atoms with Crippen LogP contribution in [0.5, 0.6) is 0 Å². The Hall–Kier alpha value is -1.56. The molecule has 2 aromatic rings. The number of aromatic nitrogens is 4. The van der Waals surface area contributed by atoms with Crippen LogP contribution in [0, 0.1) is 0 Å². The smallest absolute Gasteiger partial charge is 0.216 e. The fourth-order valence-electron chi connectivity index (χ4n) is 0.954. The van der Waals surface area contributed by atoms with E-state index in [1.807, 2.05) is 18.3 Å². The molecule has 14 heavy (non-hydrogen) atoms. The predicted molar refractivity (Wildman–Crippen MR) is 54.6 cm³/mol. The molecule has 6 heteroatoms. The average molecular weight is 207 g/mol. The van der Waals surface area contributed by atoms with Crippen molar-refractivity contribution in [1.29, 1.82) is 0 Å². The van der Waals surface area contributed by atoms with E-state index in [2.05, 4.69) is 20.2 Å². The molecule has 0 aromatic carbocycles. The van der Waals surface area contributed by atoms with Crippen molar-refractivity contribution in [2.75, 3.05) is 5.73 Å². The second-order valence-corrected chi connectivity index (χ2v) is 3.60. The first kappa shape index (κ1) is 9.01.